The van der Waals surface area contributed by atoms with Crippen LogP contribution in [0.2, 0.25) is 0 Å². The Kier molecular flexibility index (Phi) is 5.43. The molecule has 1 atom stereocenters. The normalized spacial score (nSPS) is 12.1. The summed E-state index contributed by atoms with van der Waals surface area (Å²) in [6, 6.07) is 7.85. The second kappa shape index (κ2) is 6.90. The van der Waals surface area contributed by atoms with Crippen molar-refractivity contribution in [3.05, 3.63) is 36.9 Å². The molecule has 0 saturated heterocycles. The second-order valence-corrected chi connectivity index (χ2v) is 4.10. The fourth-order valence-corrected chi connectivity index (χ4v) is 1.57. The largest absolute Gasteiger partial charge is 0.399 e. The maximum absolute atomic E-state index is 5.61. The van der Waals surface area contributed by atoms with E-state index in [2.05, 4.69) is 18.9 Å². The SMILES string of the molecule is C=CC[NH+](C)CCCNc1ccc(N)cc1. The van der Waals surface area contributed by atoms with Gasteiger partial charge in [0, 0.05) is 24.3 Å². The molecule has 3 heteroatoms. The third-order valence-corrected chi connectivity index (χ3v) is 2.51. The van der Waals surface area contributed by atoms with E-state index < -0.39 is 0 Å². The van der Waals surface area contributed by atoms with Crippen LogP contribution in [-0.2, 0) is 0 Å². The highest BCUT2D eigenvalue weighted by Gasteiger charge is 1.98. The summed E-state index contributed by atoms with van der Waals surface area (Å²) < 4.78 is 0. The van der Waals surface area contributed by atoms with E-state index in [4.69, 9.17) is 5.73 Å². The van der Waals surface area contributed by atoms with E-state index in [1.807, 2.05) is 30.3 Å². The van der Waals surface area contributed by atoms with E-state index >= 15 is 0 Å². The van der Waals surface area contributed by atoms with E-state index in [1.165, 1.54) is 4.90 Å². The number of nitrogens with one attached hydrogen (secondary N) is 2. The van der Waals surface area contributed by atoms with Crippen LogP contribution in [0.1, 0.15) is 6.42 Å². The third kappa shape index (κ3) is 4.84. The van der Waals surface area contributed by atoms with Gasteiger partial charge in [-0.25, -0.2) is 0 Å². The average molecular weight is 220 g/mol. The van der Waals surface area contributed by atoms with Gasteiger partial charge >= 0.3 is 0 Å². The summed E-state index contributed by atoms with van der Waals surface area (Å²) in [5.41, 5.74) is 7.56. The molecule has 1 rings (SSSR count). The van der Waals surface area contributed by atoms with E-state index in [1.54, 1.807) is 0 Å². The van der Waals surface area contributed by atoms with Gasteiger partial charge in [0.25, 0.3) is 0 Å². The highest BCUT2D eigenvalue weighted by Crippen LogP contribution is 2.09. The van der Waals surface area contributed by atoms with Crippen molar-refractivity contribution in [1.82, 2.24) is 0 Å². The summed E-state index contributed by atoms with van der Waals surface area (Å²) in [4.78, 5) is 1.49. The average Bonchev–Trinajstić information content (AvgIpc) is 2.27. The van der Waals surface area contributed by atoms with Crippen LogP contribution in [0.5, 0.6) is 0 Å². The molecule has 0 heterocycles. The van der Waals surface area contributed by atoms with Gasteiger partial charge in [0.05, 0.1) is 20.1 Å². The molecule has 0 aliphatic carbocycles. The van der Waals surface area contributed by atoms with Crippen LogP contribution in [0.4, 0.5) is 11.4 Å². The van der Waals surface area contributed by atoms with Gasteiger partial charge in [-0.3, -0.25) is 0 Å². The van der Waals surface area contributed by atoms with Crippen LogP contribution in [0.3, 0.4) is 0 Å². The first kappa shape index (κ1) is 12.6. The molecule has 0 saturated carbocycles. The van der Waals surface area contributed by atoms with E-state index in [0.717, 1.165) is 37.4 Å². The minimum Gasteiger partial charge on any atom is -0.399 e. The number of nitrogen functional groups attached to an aromatic ring is 1. The van der Waals surface area contributed by atoms with Crippen LogP contribution in [0.15, 0.2) is 36.9 Å². The molecule has 0 fully saturated rings. The van der Waals surface area contributed by atoms with Crippen LogP contribution in [0, 0.1) is 0 Å². The summed E-state index contributed by atoms with van der Waals surface area (Å²) in [6.07, 6.45) is 3.12. The summed E-state index contributed by atoms with van der Waals surface area (Å²) in [5, 5.41) is 3.37. The Balaban J connectivity index is 2.16. The monoisotopic (exact) mass is 220 g/mol. The lowest BCUT2D eigenvalue weighted by molar-refractivity contribution is -0.873. The maximum Gasteiger partial charge on any atom is 0.0953 e. The van der Waals surface area contributed by atoms with Crippen molar-refractivity contribution in [1.29, 1.82) is 0 Å². The van der Waals surface area contributed by atoms with Crippen molar-refractivity contribution in [3.63, 3.8) is 0 Å². The molecule has 3 nitrogen and oxygen atoms in total. The van der Waals surface area contributed by atoms with Crippen LogP contribution >= 0.6 is 0 Å². The Morgan fingerprint density at radius 1 is 1.38 bits per heavy atom. The van der Waals surface area contributed by atoms with Crippen molar-refractivity contribution >= 4 is 11.4 Å². The van der Waals surface area contributed by atoms with Gasteiger partial charge in [-0.1, -0.05) is 6.58 Å². The number of likely N-dealkylation sites (N-methyl/N-ethyl adjacent to an activating group) is 1. The van der Waals surface area contributed by atoms with Crippen molar-refractivity contribution in [3.8, 4) is 0 Å². The van der Waals surface area contributed by atoms with Crippen molar-refractivity contribution in [2.24, 2.45) is 0 Å². The maximum atomic E-state index is 5.61. The minimum absolute atomic E-state index is 0.806. The van der Waals surface area contributed by atoms with E-state index in [-0.39, 0.29) is 0 Å². The van der Waals surface area contributed by atoms with Crippen molar-refractivity contribution in [2.45, 2.75) is 6.42 Å². The standard InChI is InChI=1S/C13H21N3/c1-3-10-16(2)11-4-9-15-13-7-5-12(14)6-8-13/h3,5-8,15H,1,4,9-11,14H2,2H3/p+1. The number of hydrogen-bond donors (Lipinski definition) is 3. The molecule has 0 aromatic heterocycles. The number of rotatable bonds is 7. The lowest BCUT2D eigenvalue weighted by atomic mass is 10.3. The molecule has 0 aliphatic rings. The van der Waals surface area contributed by atoms with Crippen LogP contribution in [0.25, 0.3) is 0 Å². The molecular weight excluding hydrogens is 198 g/mol. The fraction of sp³-hybridized carbons (Fsp3) is 0.385. The quantitative estimate of drug-likeness (QED) is 0.361. The Morgan fingerprint density at radius 2 is 2.06 bits per heavy atom. The number of nitrogens with two attached hydrogens (primary N) is 1. The topological polar surface area (TPSA) is 42.5 Å². The predicted molar refractivity (Wildman–Crippen MR) is 70.8 cm³/mol. The fourth-order valence-electron chi connectivity index (χ4n) is 1.57. The molecule has 0 bridgehead atoms. The molecular formula is C13H22N3+. The summed E-state index contributed by atoms with van der Waals surface area (Å²) >= 11 is 0. The zero-order valence-electron chi connectivity index (χ0n) is 10.00. The second-order valence-electron chi connectivity index (χ2n) is 4.10. The van der Waals surface area contributed by atoms with Gasteiger partial charge < -0.3 is 16.0 Å². The molecule has 0 amide bonds. The van der Waals surface area contributed by atoms with Gasteiger partial charge in [-0.05, 0) is 30.3 Å². The van der Waals surface area contributed by atoms with Crippen LogP contribution < -0.4 is 16.0 Å². The van der Waals surface area contributed by atoms with Gasteiger partial charge in [-0.2, -0.15) is 0 Å². The minimum atomic E-state index is 0.806. The summed E-state index contributed by atoms with van der Waals surface area (Å²) in [7, 11) is 2.19. The summed E-state index contributed by atoms with van der Waals surface area (Å²) in [5.74, 6) is 0. The molecule has 4 N–H and O–H groups in total. The first-order valence-corrected chi connectivity index (χ1v) is 5.74. The number of anilines is 2. The number of hydrogen-bond acceptors (Lipinski definition) is 2. The molecule has 88 valence electrons. The zero-order valence-corrected chi connectivity index (χ0v) is 10.00. The lowest BCUT2D eigenvalue weighted by Gasteiger charge is -2.12. The first-order chi connectivity index (χ1) is 7.72. The highest BCUT2D eigenvalue weighted by molar-refractivity contribution is 5.50. The predicted octanol–water partition coefficient (Wildman–Crippen LogP) is 0.772. The van der Waals surface area contributed by atoms with E-state index in [0.29, 0.717) is 0 Å². The number of benzene rings is 1. The van der Waals surface area contributed by atoms with Crippen LogP contribution in [-0.4, -0.2) is 26.7 Å². The summed E-state index contributed by atoms with van der Waals surface area (Å²) in [6.45, 7) is 6.93. The zero-order chi connectivity index (χ0) is 11.8. The molecule has 1 aromatic carbocycles. The third-order valence-electron chi connectivity index (χ3n) is 2.51. The molecule has 1 aromatic rings. The Bertz CT molecular complexity index is 305. The molecule has 16 heavy (non-hydrogen) atoms. The highest BCUT2D eigenvalue weighted by atomic mass is 15.1. The first-order valence-electron chi connectivity index (χ1n) is 5.74. The van der Waals surface area contributed by atoms with E-state index in [9.17, 15) is 0 Å². The van der Waals surface area contributed by atoms with Gasteiger partial charge in [0.15, 0.2) is 0 Å². The van der Waals surface area contributed by atoms with Crippen molar-refractivity contribution < 1.29 is 4.90 Å². The molecule has 1 unspecified atom stereocenters. The van der Waals surface area contributed by atoms with Gasteiger partial charge in [0.1, 0.15) is 0 Å². The van der Waals surface area contributed by atoms with Gasteiger partial charge in [0.2, 0.25) is 0 Å². The Morgan fingerprint density at radius 3 is 2.69 bits per heavy atom. The lowest BCUT2D eigenvalue weighted by Crippen LogP contribution is -3.08. The van der Waals surface area contributed by atoms with Crippen molar-refractivity contribution in [2.75, 3.05) is 37.7 Å². The molecule has 0 aliphatic heterocycles. The Labute approximate surface area is 97.9 Å². The van der Waals surface area contributed by atoms with Gasteiger partial charge in [-0.15, -0.1) is 0 Å². The molecule has 0 radical (unpaired) electrons. The smallest absolute Gasteiger partial charge is 0.0953 e. The number of quaternary nitrogens is 1. The molecule has 0 spiro atoms. The Hall–Kier alpha value is -1.48.